The lowest BCUT2D eigenvalue weighted by molar-refractivity contribution is -0.145. The maximum absolute atomic E-state index is 13.7. The lowest BCUT2D eigenvalue weighted by atomic mass is 10.0. The summed E-state index contributed by atoms with van der Waals surface area (Å²) in [5.74, 6) is -1.81. The van der Waals surface area contributed by atoms with E-state index < -0.39 is 17.9 Å². The first-order valence-electron chi connectivity index (χ1n) is 12.0. The van der Waals surface area contributed by atoms with E-state index in [2.05, 4.69) is 29.0 Å². The minimum atomic E-state index is -1.23. The molecule has 4 rings (SSSR count). The van der Waals surface area contributed by atoms with Crippen LogP contribution in [-0.4, -0.2) is 81.6 Å². The number of hydrogen-bond acceptors (Lipinski definition) is 5. The van der Waals surface area contributed by atoms with E-state index in [1.54, 1.807) is 12.1 Å². The van der Waals surface area contributed by atoms with Crippen molar-refractivity contribution in [3.63, 3.8) is 0 Å². The molecular formula is C26H33FN4O5. The number of rotatable bonds is 7. The number of halogens is 1. The molecule has 10 heteroatoms. The Labute approximate surface area is 209 Å². The van der Waals surface area contributed by atoms with E-state index in [0.717, 1.165) is 43.0 Å². The van der Waals surface area contributed by atoms with Crippen molar-refractivity contribution in [1.29, 1.82) is 0 Å². The molecule has 194 valence electrons. The number of carbonyl (C=O) groups is 3. The molecule has 2 aliphatic rings. The number of carboxylic acid groups (broad SMARTS) is 1. The molecule has 0 saturated heterocycles. The lowest BCUT2D eigenvalue weighted by Gasteiger charge is -2.29. The van der Waals surface area contributed by atoms with Gasteiger partial charge in [-0.2, -0.15) is 0 Å². The van der Waals surface area contributed by atoms with Gasteiger partial charge in [0, 0.05) is 48.7 Å². The molecule has 1 aromatic heterocycles. The highest BCUT2D eigenvalue weighted by Crippen LogP contribution is 2.35. The Kier molecular flexibility index (Phi) is 8.65. The van der Waals surface area contributed by atoms with Crippen LogP contribution in [-0.2, 0) is 16.0 Å². The van der Waals surface area contributed by atoms with Crippen molar-refractivity contribution in [3.05, 3.63) is 52.1 Å². The van der Waals surface area contributed by atoms with Crippen LogP contribution in [0.3, 0.4) is 0 Å². The summed E-state index contributed by atoms with van der Waals surface area (Å²) < 4.78 is 13.7. The average Bonchev–Trinajstić information content (AvgIpc) is 3.32. The predicted molar refractivity (Wildman–Crippen MR) is 135 cm³/mol. The van der Waals surface area contributed by atoms with Crippen molar-refractivity contribution in [1.82, 2.24) is 14.8 Å². The van der Waals surface area contributed by atoms with Crippen molar-refractivity contribution < 1.29 is 29.0 Å². The van der Waals surface area contributed by atoms with Crippen molar-refractivity contribution in [3.8, 4) is 0 Å². The number of fused-ring (bicyclic) bond motifs is 2. The molecule has 0 aliphatic carbocycles. The second-order valence-electron chi connectivity index (χ2n) is 8.80. The smallest absolute Gasteiger partial charge is 0.332 e. The molecule has 0 fully saturated rings. The molecule has 2 aromatic rings. The third-order valence-corrected chi connectivity index (χ3v) is 6.49. The Morgan fingerprint density at radius 2 is 1.94 bits per heavy atom. The van der Waals surface area contributed by atoms with E-state index in [4.69, 9.17) is 10.2 Å². The van der Waals surface area contributed by atoms with Gasteiger partial charge in [0.1, 0.15) is 11.9 Å². The van der Waals surface area contributed by atoms with E-state index >= 15 is 0 Å². The van der Waals surface area contributed by atoms with Gasteiger partial charge in [-0.05, 0) is 56.8 Å². The van der Waals surface area contributed by atoms with Gasteiger partial charge in [0.25, 0.3) is 11.8 Å². The monoisotopic (exact) mass is 500 g/mol. The molecule has 36 heavy (non-hydrogen) atoms. The summed E-state index contributed by atoms with van der Waals surface area (Å²) in [6.45, 7) is 11.5. The minimum absolute atomic E-state index is 0.0316. The van der Waals surface area contributed by atoms with Crippen LogP contribution in [0.15, 0.2) is 18.2 Å². The van der Waals surface area contributed by atoms with Gasteiger partial charge >= 0.3 is 5.97 Å². The normalized spacial score (nSPS) is 16.4. The molecule has 1 unspecified atom stereocenters. The molecule has 1 aromatic carbocycles. The number of benzene rings is 1. The summed E-state index contributed by atoms with van der Waals surface area (Å²) >= 11 is 0. The van der Waals surface area contributed by atoms with Gasteiger partial charge in [-0.25, -0.2) is 9.18 Å². The summed E-state index contributed by atoms with van der Waals surface area (Å²) in [6.07, 6.45) is 1.24. The summed E-state index contributed by atoms with van der Waals surface area (Å²) in [5.41, 5.74) is 4.69. The van der Waals surface area contributed by atoms with Crippen LogP contribution in [0.1, 0.15) is 53.6 Å². The molecule has 0 saturated carbocycles. The van der Waals surface area contributed by atoms with E-state index in [9.17, 15) is 18.8 Å². The number of aromatic nitrogens is 1. The molecular weight excluding hydrogens is 467 g/mol. The van der Waals surface area contributed by atoms with E-state index in [1.165, 1.54) is 19.1 Å². The second kappa shape index (κ2) is 11.5. The topological polar surface area (TPSA) is 126 Å². The average molecular weight is 501 g/mol. The lowest BCUT2D eigenvalue weighted by Crippen LogP contribution is -2.42. The number of carbonyl (C=O) groups excluding carboxylic acids is 2. The Hall–Kier alpha value is -3.50. The number of hydrogen-bond donors (Lipinski definition) is 4. The fraction of sp³-hybridized carbons (Fsp3) is 0.423. The Morgan fingerprint density at radius 3 is 2.56 bits per heavy atom. The Bertz CT molecular complexity index is 1180. The summed E-state index contributed by atoms with van der Waals surface area (Å²) in [7, 11) is 0. The third-order valence-electron chi connectivity index (χ3n) is 6.49. The van der Waals surface area contributed by atoms with E-state index in [0.29, 0.717) is 35.5 Å². The first-order chi connectivity index (χ1) is 17.1. The van der Waals surface area contributed by atoms with Gasteiger partial charge < -0.3 is 30.3 Å². The Morgan fingerprint density at radius 1 is 1.28 bits per heavy atom. The molecule has 2 amide bonds. The summed E-state index contributed by atoms with van der Waals surface area (Å²) in [5, 5.41) is 18.5. The molecule has 1 atom stereocenters. The van der Waals surface area contributed by atoms with Gasteiger partial charge in [-0.3, -0.25) is 9.59 Å². The van der Waals surface area contributed by atoms with Crippen molar-refractivity contribution in [2.24, 2.45) is 0 Å². The maximum atomic E-state index is 13.7. The highest BCUT2D eigenvalue weighted by atomic mass is 19.1. The van der Waals surface area contributed by atoms with Crippen molar-refractivity contribution >= 4 is 35.1 Å². The number of aliphatic carboxylic acids is 1. The Balaban J connectivity index is 0.000000538. The highest BCUT2D eigenvalue weighted by Gasteiger charge is 2.30. The number of nitrogens with one attached hydrogen (secondary N) is 2. The maximum Gasteiger partial charge on any atom is 0.332 e. The SMILES string of the molecule is CC(O)C(=O)O.CCN(CC)CCN1CCc2[nH]c(/C=C3\C(=O)Nc4ccc(F)cc43)c(C)c2C1=O. The number of aliphatic hydroxyl groups is 1. The predicted octanol–water partition coefficient (Wildman–Crippen LogP) is 2.75. The molecule has 0 spiro atoms. The van der Waals surface area contributed by atoms with Gasteiger partial charge in [0.15, 0.2) is 0 Å². The zero-order valence-corrected chi connectivity index (χ0v) is 21.0. The number of nitrogens with zero attached hydrogens (tertiary/aromatic N) is 2. The van der Waals surface area contributed by atoms with Crippen LogP contribution in [0.25, 0.3) is 11.6 Å². The highest BCUT2D eigenvalue weighted by molar-refractivity contribution is 6.34. The zero-order valence-electron chi connectivity index (χ0n) is 21.0. The van der Waals surface area contributed by atoms with E-state index in [1.807, 2.05) is 11.8 Å². The molecule has 0 bridgehead atoms. The number of aromatic amines is 1. The molecule has 0 radical (unpaired) electrons. The summed E-state index contributed by atoms with van der Waals surface area (Å²) in [4.78, 5) is 42.5. The first-order valence-corrected chi connectivity index (χ1v) is 12.0. The van der Waals surface area contributed by atoms with Crippen LogP contribution in [0.2, 0.25) is 0 Å². The standard InChI is InChI=1S/C23H27FN4O2.C3H6O3/c1-4-27(5-2)10-11-28-9-8-19-21(23(28)30)14(3)20(25-19)13-17-16-12-15(24)6-7-18(16)26-22(17)29;1-2(4)3(5)6/h6-7,12-13,25H,4-5,8-11H2,1-3H3,(H,26,29);2,4H,1H3,(H,5,6)/b17-13-;. The number of anilines is 1. The van der Waals surface area contributed by atoms with Crippen LogP contribution in [0.4, 0.5) is 10.1 Å². The third kappa shape index (κ3) is 5.83. The van der Waals surface area contributed by atoms with Crippen molar-refractivity contribution in [2.45, 2.75) is 40.2 Å². The van der Waals surface area contributed by atoms with E-state index in [-0.39, 0.29) is 11.8 Å². The molecule has 4 N–H and O–H groups in total. The molecule has 2 aliphatic heterocycles. The van der Waals surface area contributed by atoms with Crippen LogP contribution in [0, 0.1) is 12.7 Å². The number of carboxylic acids is 1. The zero-order chi connectivity index (χ0) is 26.6. The largest absolute Gasteiger partial charge is 0.479 e. The van der Waals surface area contributed by atoms with Crippen LogP contribution < -0.4 is 5.32 Å². The quantitative estimate of drug-likeness (QED) is 0.433. The van der Waals surface area contributed by atoms with Gasteiger partial charge in [0.2, 0.25) is 0 Å². The van der Waals surface area contributed by atoms with Crippen LogP contribution in [0.5, 0.6) is 0 Å². The number of aliphatic hydroxyl groups excluding tert-OH is 1. The first kappa shape index (κ1) is 27.1. The van der Waals surface area contributed by atoms with Crippen LogP contribution >= 0.6 is 0 Å². The second-order valence-corrected chi connectivity index (χ2v) is 8.80. The fourth-order valence-electron chi connectivity index (χ4n) is 4.27. The number of amides is 2. The van der Waals surface area contributed by atoms with Gasteiger partial charge in [-0.1, -0.05) is 13.8 Å². The number of H-pyrrole nitrogens is 1. The minimum Gasteiger partial charge on any atom is -0.479 e. The summed E-state index contributed by atoms with van der Waals surface area (Å²) in [6, 6.07) is 4.25. The number of likely N-dealkylation sites (N-methyl/N-ethyl adjacent to an activating group) is 1. The van der Waals surface area contributed by atoms with Gasteiger partial charge in [-0.15, -0.1) is 0 Å². The molecule has 9 nitrogen and oxygen atoms in total. The fourth-order valence-corrected chi connectivity index (χ4v) is 4.27. The molecule has 3 heterocycles. The van der Waals surface area contributed by atoms with Crippen molar-refractivity contribution in [2.75, 3.05) is 38.0 Å². The van der Waals surface area contributed by atoms with Gasteiger partial charge in [0.05, 0.1) is 11.1 Å².